The van der Waals surface area contributed by atoms with E-state index in [1.54, 1.807) is 0 Å². The lowest BCUT2D eigenvalue weighted by Gasteiger charge is -2.19. The van der Waals surface area contributed by atoms with E-state index >= 15 is 0 Å². The average molecular weight is 247 g/mol. The lowest BCUT2D eigenvalue weighted by Crippen LogP contribution is -2.23. The van der Waals surface area contributed by atoms with Crippen molar-refractivity contribution in [3.63, 3.8) is 0 Å². The topological polar surface area (TPSA) is 12.0 Å². The molecule has 0 spiro atoms. The molecule has 0 fully saturated rings. The summed E-state index contributed by atoms with van der Waals surface area (Å²) in [7, 11) is 0. The molecule has 1 unspecified atom stereocenters. The molecule has 2 rings (SSSR count). The van der Waals surface area contributed by atoms with Crippen molar-refractivity contribution in [3.05, 3.63) is 71.3 Å². The number of hydrogen-bond acceptors (Lipinski definition) is 1. The molecule has 1 nitrogen and oxygen atoms in total. The van der Waals surface area contributed by atoms with Crippen molar-refractivity contribution >= 4 is 0 Å². The highest BCUT2D eigenvalue weighted by Gasteiger charge is 2.16. The zero-order valence-electron chi connectivity index (χ0n) is 10.2. The first-order valence-electron chi connectivity index (χ1n) is 5.95. The predicted molar refractivity (Wildman–Crippen MR) is 68.3 cm³/mol. The molecule has 0 saturated carbocycles. The monoisotopic (exact) mass is 247 g/mol. The van der Waals surface area contributed by atoms with Gasteiger partial charge in [0.05, 0.1) is 6.04 Å². The summed E-state index contributed by atoms with van der Waals surface area (Å²) >= 11 is 0. The smallest absolute Gasteiger partial charge is 0.131 e. The second-order valence-corrected chi connectivity index (χ2v) is 4.07. The van der Waals surface area contributed by atoms with E-state index in [4.69, 9.17) is 0 Å². The van der Waals surface area contributed by atoms with Gasteiger partial charge in [-0.25, -0.2) is 8.78 Å². The van der Waals surface area contributed by atoms with Crippen molar-refractivity contribution in [1.82, 2.24) is 5.32 Å². The van der Waals surface area contributed by atoms with Crippen LogP contribution in [0.15, 0.2) is 48.5 Å². The second-order valence-electron chi connectivity index (χ2n) is 4.07. The molecular formula is C15H15F2N. The number of halogens is 2. The van der Waals surface area contributed by atoms with Crippen LogP contribution in [0.1, 0.15) is 24.1 Å². The minimum atomic E-state index is -0.556. The highest BCUT2D eigenvalue weighted by Crippen LogP contribution is 2.24. The van der Waals surface area contributed by atoms with E-state index in [9.17, 15) is 8.78 Å². The van der Waals surface area contributed by atoms with Crippen LogP contribution in [0.5, 0.6) is 0 Å². The normalized spacial score (nSPS) is 12.4. The molecule has 0 saturated heterocycles. The first-order valence-corrected chi connectivity index (χ1v) is 5.95. The molecule has 1 N–H and O–H groups in total. The predicted octanol–water partition coefficient (Wildman–Crippen LogP) is 3.66. The third kappa shape index (κ3) is 2.74. The van der Waals surface area contributed by atoms with Crippen molar-refractivity contribution in [3.8, 4) is 0 Å². The van der Waals surface area contributed by atoms with Gasteiger partial charge in [-0.2, -0.15) is 0 Å². The van der Waals surface area contributed by atoms with Crippen LogP contribution in [0.4, 0.5) is 8.78 Å². The van der Waals surface area contributed by atoms with Gasteiger partial charge >= 0.3 is 0 Å². The molecule has 0 aliphatic rings. The zero-order valence-corrected chi connectivity index (χ0v) is 10.2. The van der Waals surface area contributed by atoms with Gasteiger partial charge in [-0.05, 0) is 18.2 Å². The van der Waals surface area contributed by atoms with Gasteiger partial charge in [0.1, 0.15) is 11.6 Å². The molecule has 0 amide bonds. The Morgan fingerprint density at radius 3 is 2.39 bits per heavy atom. The zero-order chi connectivity index (χ0) is 13.0. The van der Waals surface area contributed by atoms with Gasteiger partial charge in [0, 0.05) is 11.6 Å². The summed E-state index contributed by atoms with van der Waals surface area (Å²) in [6.45, 7) is 2.66. The largest absolute Gasteiger partial charge is 0.306 e. The molecule has 0 aliphatic heterocycles. The van der Waals surface area contributed by atoms with E-state index in [-0.39, 0.29) is 6.04 Å². The number of rotatable bonds is 4. The molecule has 94 valence electrons. The summed E-state index contributed by atoms with van der Waals surface area (Å²) in [4.78, 5) is 0. The van der Waals surface area contributed by atoms with Gasteiger partial charge < -0.3 is 5.32 Å². The minimum Gasteiger partial charge on any atom is -0.306 e. The Balaban J connectivity index is 2.41. The maximum absolute atomic E-state index is 13.8. The fourth-order valence-electron chi connectivity index (χ4n) is 1.99. The van der Waals surface area contributed by atoms with E-state index in [1.165, 1.54) is 12.1 Å². The third-order valence-corrected chi connectivity index (χ3v) is 2.81. The Morgan fingerprint density at radius 1 is 1.06 bits per heavy atom. The molecule has 1 atom stereocenters. The molecule has 0 heterocycles. The maximum atomic E-state index is 13.8. The van der Waals surface area contributed by atoms with E-state index in [0.29, 0.717) is 12.1 Å². The minimum absolute atomic E-state index is 0.253. The number of nitrogens with one attached hydrogen (secondary N) is 1. The van der Waals surface area contributed by atoms with Gasteiger partial charge in [0.25, 0.3) is 0 Å². The molecule has 0 aromatic heterocycles. The lowest BCUT2D eigenvalue weighted by molar-refractivity contribution is 0.541. The Morgan fingerprint density at radius 2 is 1.78 bits per heavy atom. The fraction of sp³-hybridized carbons (Fsp3) is 0.200. The fourth-order valence-corrected chi connectivity index (χ4v) is 1.99. The average Bonchev–Trinajstić information content (AvgIpc) is 2.38. The summed E-state index contributed by atoms with van der Waals surface area (Å²) < 4.78 is 26.8. The molecule has 0 bridgehead atoms. The Kier molecular flexibility index (Phi) is 4.05. The first-order chi connectivity index (χ1) is 8.72. The Hall–Kier alpha value is -1.74. The van der Waals surface area contributed by atoms with Crippen molar-refractivity contribution < 1.29 is 8.78 Å². The van der Waals surface area contributed by atoms with E-state index < -0.39 is 11.6 Å². The van der Waals surface area contributed by atoms with E-state index in [2.05, 4.69) is 5.32 Å². The molecule has 0 radical (unpaired) electrons. The van der Waals surface area contributed by atoms with Crippen LogP contribution < -0.4 is 5.32 Å². The van der Waals surface area contributed by atoms with Crippen LogP contribution in [-0.4, -0.2) is 6.54 Å². The SMILES string of the molecule is CCNC(c1ccccc1)c1ccc(F)cc1F. The van der Waals surface area contributed by atoms with Crippen molar-refractivity contribution in [2.24, 2.45) is 0 Å². The van der Waals surface area contributed by atoms with Gasteiger partial charge in [0.2, 0.25) is 0 Å². The number of benzene rings is 2. The van der Waals surface area contributed by atoms with Crippen molar-refractivity contribution in [1.29, 1.82) is 0 Å². The maximum Gasteiger partial charge on any atom is 0.131 e. The second kappa shape index (κ2) is 5.74. The van der Waals surface area contributed by atoms with Gasteiger partial charge in [-0.15, -0.1) is 0 Å². The summed E-state index contributed by atoms with van der Waals surface area (Å²) in [5, 5.41) is 3.21. The first kappa shape index (κ1) is 12.7. The van der Waals surface area contributed by atoms with Crippen LogP contribution in [0, 0.1) is 11.6 Å². The van der Waals surface area contributed by atoms with Gasteiger partial charge in [-0.3, -0.25) is 0 Å². The summed E-state index contributed by atoms with van der Waals surface area (Å²) in [5.41, 5.74) is 1.43. The van der Waals surface area contributed by atoms with Crippen LogP contribution >= 0.6 is 0 Å². The van der Waals surface area contributed by atoms with E-state index in [1.807, 2.05) is 37.3 Å². The van der Waals surface area contributed by atoms with Gasteiger partial charge in [-0.1, -0.05) is 43.3 Å². The lowest BCUT2D eigenvalue weighted by atomic mass is 9.98. The van der Waals surface area contributed by atoms with Crippen LogP contribution in [0.2, 0.25) is 0 Å². The Labute approximate surface area is 105 Å². The molecular weight excluding hydrogens is 232 g/mol. The molecule has 18 heavy (non-hydrogen) atoms. The van der Waals surface area contributed by atoms with Crippen molar-refractivity contribution in [2.75, 3.05) is 6.54 Å². The van der Waals surface area contributed by atoms with Crippen molar-refractivity contribution in [2.45, 2.75) is 13.0 Å². The standard InChI is InChI=1S/C15H15F2N/c1-2-18-15(11-6-4-3-5-7-11)13-9-8-12(16)10-14(13)17/h3-10,15,18H,2H2,1H3. The van der Waals surface area contributed by atoms with E-state index in [0.717, 1.165) is 11.6 Å². The molecule has 2 aromatic carbocycles. The highest BCUT2D eigenvalue weighted by atomic mass is 19.1. The van der Waals surface area contributed by atoms with Crippen LogP contribution in [0.25, 0.3) is 0 Å². The molecule has 0 aliphatic carbocycles. The summed E-state index contributed by atoms with van der Waals surface area (Å²) in [6, 6.07) is 13.0. The van der Waals surface area contributed by atoms with Crippen LogP contribution in [0.3, 0.4) is 0 Å². The van der Waals surface area contributed by atoms with Gasteiger partial charge in [0.15, 0.2) is 0 Å². The number of hydrogen-bond donors (Lipinski definition) is 1. The third-order valence-electron chi connectivity index (χ3n) is 2.81. The quantitative estimate of drug-likeness (QED) is 0.869. The Bertz CT molecular complexity index is 511. The van der Waals surface area contributed by atoms with Crippen LogP contribution in [-0.2, 0) is 0 Å². The molecule has 3 heteroatoms. The summed E-state index contributed by atoms with van der Waals surface area (Å²) in [5.74, 6) is -1.08. The highest BCUT2D eigenvalue weighted by molar-refractivity contribution is 5.32. The molecule has 2 aromatic rings. The summed E-state index contributed by atoms with van der Waals surface area (Å²) in [6.07, 6.45) is 0.